The number of amides is 3. The maximum atomic E-state index is 13.2. The molecule has 6 aromatic rings. The lowest BCUT2D eigenvalue weighted by atomic mass is 9.69. The fourth-order valence-electron chi connectivity index (χ4n) is 8.64. The Morgan fingerprint density at radius 2 is 1.21 bits per heavy atom. The van der Waals surface area contributed by atoms with E-state index in [1.165, 1.54) is 12.4 Å². The summed E-state index contributed by atoms with van der Waals surface area (Å²) in [7, 11) is 0. The number of nitrogens with zero attached hydrogens (tertiary/aromatic N) is 3. The summed E-state index contributed by atoms with van der Waals surface area (Å²) in [5, 5.41) is 8.16. The lowest BCUT2D eigenvalue weighted by Gasteiger charge is -2.38. The highest BCUT2D eigenvalue weighted by atomic mass is 16.2. The van der Waals surface area contributed by atoms with Gasteiger partial charge in [-0.05, 0) is 133 Å². The molecule has 0 radical (unpaired) electrons. The van der Waals surface area contributed by atoms with Gasteiger partial charge in [0, 0.05) is 35.6 Å². The minimum absolute atomic E-state index is 0.0654. The molecule has 320 valence electrons. The summed E-state index contributed by atoms with van der Waals surface area (Å²) in [6, 6.07) is 18.1. The SMILES string of the molecule is Cc1cc(NC(=O)C(=O)C2C[C@@H](C)CC[C@@H]2c2ccc3c(=O)[nH]ccc3c2)cnc1N.Cc1cc(NC(=O)C(=O)N2C[C@H](C)CC[C@H]2c2ccc3c(=O)[nH]ccc3c2)cnc1N. The van der Waals surface area contributed by atoms with E-state index in [1.54, 1.807) is 55.4 Å². The van der Waals surface area contributed by atoms with Crippen molar-refractivity contribution in [2.75, 3.05) is 28.6 Å². The molecule has 0 spiro atoms. The minimum atomic E-state index is -0.706. The van der Waals surface area contributed by atoms with Crippen molar-refractivity contribution in [1.82, 2.24) is 24.8 Å². The molecule has 2 aromatic carbocycles. The molecule has 15 nitrogen and oxygen atoms in total. The number of hydrogen-bond donors (Lipinski definition) is 6. The molecule has 1 aliphatic carbocycles. The van der Waals surface area contributed by atoms with E-state index in [1.807, 2.05) is 36.4 Å². The van der Waals surface area contributed by atoms with Crippen molar-refractivity contribution >= 4 is 68.1 Å². The van der Waals surface area contributed by atoms with Crippen LogP contribution in [0.5, 0.6) is 0 Å². The number of nitrogen functional groups attached to an aromatic ring is 2. The molecule has 1 saturated heterocycles. The van der Waals surface area contributed by atoms with Crippen molar-refractivity contribution in [2.45, 2.75) is 71.8 Å². The van der Waals surface area contributed by atoms with Crippen molar-refractivity contribution in [3.63, 3.8) is 0 Å². The third kappa shape index (κ3) is 9.41. The Morgan fingerprint density at radius 3 is 1.79 bits per heavy atom. The number of likely N-dealkylation sites (tertiary alicyclic amines) is 1. The van der Waals surface area contributed by atoms with Gasteiger partial charge in [-0.15, -0.1) is 0 Å². The van der Waals surface area contributed by atoms with Gasteiger partial charge in [-0.2, -0.15) is 0 Å². The maximum Gasteiger partial charge on any atom is 0.313 e. The van der Waals surface area contributed by atoms with Crippen molar-refractivity contribution in [2.24, 2.45) is 17.8 Å². The van der Waals surface area contributed by atoms with E-state index in [9.17, 15) is 28.8 Å². The third-order valence-corrected chi connectivity index (χ3v) is 12.1. The average Bonchev–Trinajstić information content (AvgIpc) is 3.25. The molecule has 2 aliphatic rings. The number of ketones is 1. The van der Waals surface area contributed by atoms with Crippen molar-refractivity contribution in [3.8, 4) is 0 Å². The second-order valence-corrected chi connectivity index (χ2v) is 16.7. The highest BCUT2D eigenvalue weighted by molar-refractivity contribution is 6.41. The lowest BCUT2D eigenvalue weighted by Crippen LogP contribution is -2.46. The molecule has 2 fully saturated rings. The third-order valence-electron chi connectivity index (χ3n) is 12.1. The van der Waals surface area contributed by atoms with E-state index >= 15 is 0 Å². The van der Waals surface area contributed by atoms with E-state index < -0.39 is 29.4 Å². The molecule has 4 aromatic heterocycles. The number of carbonyl (C=O) groups excluding carboxylic acids is 4. The van der Waals surface area contributed by atoms with Gasteiger partial charge in [-0.1, -0.05) is 38.5 Å². The maximum absolute atomic E-state index is 13.2. The lowest BCUT2D eigenvalue weighted by molar-refractivity contribution is -0.146. The first-order valence-electron chi connectivity index (χ1n) is 20.8. The number of fused-ring (bicyclic) bond motifs is 2. The second kappa shape index (κ2) is 18.2. The molecule has 0 bridgehead atoms. The fraction of sp³-hybridized carbons (Fsp3) is 0.319. The predicted molar refractivity (Wildman–Crippen MR) is 240 cm³/mol. The van der Waals surface area contributed by atoms with Crippen molar-refractivity contribution in [1.29, 1.82) is 0 Å². The number of piperidine rings is 1. The molecular weight excluding hydrogens is 787 g/mol. The van der Waals surface area contributed by atoms with E-state index in [4.69, 9.17) is 11.5 Å². The Balaban J connectivity index is 0.000000186. The molecule has 3 amide bonds. The zero-order chi connectivity index (χ0) is 44.2. The monoisotopic (exact) mass is 837 g/mol. The van der Waals surface area contributed by atoms with E-state index in [0.717, 1.165) is 58.7 Å². The number of aryl methyl sites for hydroxylation is 2. The topological polar surface area (TPSA) is 239 Å². The summed E-state index contributed by atoms with van der Waals surface area (Å²) in [5.74, 6) is -1.40. The van der Waals surface area contributed by atoms with Crippen LogP contribution in [0.2, 0.25) is 0 Å². The van der Waals surface area contributed by atoms with Crippen LogP contribution >= 0.6 is 0 Å². The quantitative estimate of drug-likeness (QED) is 0.102. The Morgan fingerprint density at radius 1 is 0.677 bits per heavy atom. The van der Waals surface area contributed by atoms with Gasteiger partial charge >= 0.3 is 11.8 Å². The van der Waals surface area contributed by atoms with Crippen molar-refractivity contribution in [3.05, 3.63) is 128 Å². The number of pyridine rings is 4. The molecule has 8 rings (SSSR count). The van der Waals surface area contributed by atoms with Crippen LogP contribution in [0.4, 0.5) is 23.0 Å². The summed E-state index contributed by atoms with van der Waals surface area (Å²) < 4.78 is 0. The van der Waals surface area contributed by atoms with Crippen LogP contribution in [0.1, 0.15) is 80.2 Å². The van der Waals surface area contributed by atoms with Crippen molar-refractivity contribution < 1.29 is 19.2 Å². The first kappa shape index (κ1) is 42.9. The predicted octanol–water partition coefficient (Wildman–Crippen LogP) is 6.29. The van der Waals surface area contributed by atoms with Gasteiger partial charge in [0.2, 0.25) is 5.78 Å². The standard InChI is InChI=1S/C24H26N4O3.C23H25N5O3/c1-13-3-5-18(15-4-6-19-16(11-15)7-8-26-23(19)30)20(9-13)21(29)24(31)28-17-10-14(2)22(25)27-12-17;1-13-3-6-19(16-4-5-18-15(10-16)7-8-25-21(18)29)28(12-13)23(31)22(30)27-17-9-14(2)20(24)26-11-17/h4,6-8,10-13,18,20H,3,5,9H2,1-2H3,(H2,25,27)(H,26,30)(H,28,31);4-5,7-11,13,19H,3,6,12H2,1-2H3,(H2,24,26)(H,25,29)(H,27,30)/t13-,18+,20?;13-,19+/m01/s1. The van der Waals surface area contributed by atoms with Gasteiger partial charge in [0.25, 0.3) is 17.0 Å². The van der Waals surface area contributed by atoms with Crippen LogP contribution in [-0.4, -0.2) is 54.9 Å². The van der Waals surface area contributed by atoms with Crippen LogP contribution in [0.3, 0.4) is 0 Å². The number of carbonyl (C=O) groups is 4. The molecule has 1 saturated carbocycles. The molecule has 5 heterocycles. The Kier molecular flexibility index (Phi) is 12.6. The highest BCUT2D eigenvalue weighted by Crippen LogP contribution is 2.42. The highest BCUT2D eigenvalue weighted by Gasteiger charge is 2.38. The number of aromatic nitrogens is 4. The van der Waals surface area contributed by atoms with E-state index in [0.29, 0.717) is 52.7 Å². The Labute approximate surface area is 357 Å². The van der Waals surface area contributed by atoms with E-state index in [2.05, 4.69) is 44.4 Å². The number of nitrogens with one attached hydrogen (secondary N) is 4. The summed E-state index contributed by atoms with van der Waals surface area (Å²) in [6.45, 7) is 8.25. The fourth-order valence-corrected chi connectivity index (χ4v) is 8.64. The van der Waals surface area contributed by atoms with Crippen LogP contribution in [0, 0.1) is 31.6 Å². The van der Waals surface area contributed by atoms with Gasteiger partial charge in [0.1, 0.15) is 11.6 Å². The second-order valence-electron chi connectivity index (χ2n) is 16.7. The summed E-state index contributed by atoms with van der Waals surface area (Å²) in [4.78, 5) is 90.9. The number of H-pyrrole nitrogens is 2. The number of nitrogens with two attached hydrogens (primary N) is 2. The zero-order valence-corrected chi connectivity index (χ0v) is 35.2. The van der Waals surface area contributed by atoms with Crippen LogP contribution in [-0.2, 0) is 19.2 Å². The number of benzene rings is 2. The van der Waals surface area contributed by atoms with E-state index in [-0.39, 0.29) is 29.0 Å². The molecule has 62 heavy (non-hydrogen) atoms. The van der Waals surface area contributed by atoms with Gasteiger partial charge in [0.15, 0.2) is 0 Å². The van der Waals surface area contributed by atoms with Gasteiger partial charge in [-0.3, -0.25) is 28.8 Å². The number of anilines is 4. The van der Waals surface area contributed by atoms with Crippen LogP contribution in [0.25, 0.3) is 21.5 Å². The molecule has 8 N–H and O–H groups in total. The summed E-state index contributed by atoms with van der Waals surface area (Å²) in [6.07, 6.45) is 10.3. The first-order valence-corrected chi connectivity index (χ1v) is 20.8. The number of rotatable bonds is 6. The Hall–Kier alpha value is -7.16. The van der Waals surface area contributed by atoms with Crippen LogP contribution < -0.4 is 33.2 Å². The summed E-state index contributed by atoms with van der Waals surface area (Å²) >= 11 is 0. The molecule has 1 aliphatic heterocycles. The smallest absolute Gasteiger partial charge is 0.313 e. The normalized spacial score (nSPS) is 19.9. The number of aromatic amines is 2. The van der Waals surface area contributed by atoms with Gasteiger partial charge in [-0.25, -0.2) is 9.97 Å². The minimum Gasteiger partial charge on any atom is -0.383 e. The van der Waals surface area contributed by atoms with Gasteiger partial charge < -0.3 is 37.0 Å². The Bertz CT molecular complexity index is 2630. The number of hydrogen-bond acceptors (Lipinski definition) is 10. The zero-order valence-electron chi connectivity index (χ0n) is 35.2. The molecular formula is C47H51N9O6. The first-order chi connectivity index (χ1) is 29.7. The molecule has 1 unspecified atom stereocenters. The van der Waals surface area contributed by atoms with Gasteiger partial charge in [0.05, 0.1) is 29.8 Å². The molecule has 5 atom stereocenters. The summed E-state index contributed by atoms with van der Waals surface area (Å²) in [5.41, 5.74) is 15.4. The molecule has 15 heteroatoms. The van der Waals surface area contributed by atoms with Crippen LogP contribution in [0.15, 0.2) is 95.0 Å². The largest absolute Gasteiger partial charge is 0.383 e. The number of Topliss-reactive ketones (excluding diaryl/α,β-unsaturated/α-hetero) is 1. The average molecular weight is 838 g/mol.